The Kier molecular flexibility index (Phi) is 6.84. The molecule has 0 aliphatic carbocycles. The molecule has 1 atom stereocenters. The Hall–Kier alpha value is -1.40. The van der Waals surface area contributed by atoms with Crippen LogP contribution >= 0.6 is 7.75 Å². The fourth-order valence-electron chi connectivity index (χ4n) is 1.70. The predicted octanol–water partition coefficient (Wildman–Crippen LogP) is 2.16. The summed E-state index contributed by atoms with van der Waals surface area (Å²) in [7, 11) is -3.66. The lowest BCUT2D eigenvalue weighted by Gasteiger charge is -2.22. The van der Waals surface area contributed by atoms with Gasteiger partial charge >= 0.3 is 13.7 Å². The van der Waals surface area contributed by atoms with E-state index in [1.165, 1.54) is 12.1 Å². The Morgan fingerprint density at radius 2 is 1.76 bits per heavy atom. The van der Waals surface area contributed by atoms with Crippen LogP contribution < -0.4 is 5.09 Å². The first-order valence-electron chi connectivity index (χ1n) is 6.57. The summed E-state index contributed by atoms with van der Waals surface area (Å²) in [5.41, 5.74) is 0.673. The van der Waals surface area contributed by atoms with E-state index in [0.29, 0.717) is 5.56 Å². The van der Waals surface area contributed by atoms with Crippen molar-refractivity contribution in [2.24, 2.45) is 0 Å². The zero-order valence-electron chi connectivity index (χ0n) is 12.0. The second kappa shape index (κ2) is 8.14. The van der Waals surface area contributed by atoms with Gasteiger partial charge in [-0.1, -0.05) is 12.1 Å². The highest BCUT2D eigenvalue weighted by Crippen LogP contribution is 2.44. The standard InChI is InChI=1S/C13H20NO6P/c1-3-19-21(18,20-4-2)14-12(13(16)17)9-10-5-7-11(15)8-6-10/h5-8,12,15H,3-4,9H2,1-2H3,(H,14,18)(H,16,17)/t12-/m0/s1. The van der Waals surface area contributed by atoms with Crippen molar-refractivity contribution in [3.05, 3.63) is 29.8 Å². The van der Waals surface area contributed by atoms with Crippen LogP contribution in [-0.2, 0) is 24.8 Å². The van der Waals surface area contributed by atoms with Gasteiger partial charge in [-0.2, -0.15) is 0 Å². The van der Waals surface area contributed by atoms with E-state index >= 15 is 0 Å². The van der Waals surface area contributed by atoms with Crippen molar-refractivity contribution in [1.29, 1.82) is 0 Å². The molecule has 21 heavy (non-hydrogen) atoms. The maximum Gasteiger partial charge on any atom is 0.406 e. The summed E-state index contributed by atoms with van der Waals surface area (Å²) < 4.78 is 22.4. The number of aliphatic carboxylic acids is 1. The van der Waals surface area contributed by atoms with Gasteiger partial charge in [-0.3, -0.25) is 13.8 Å². The van der Waals surface area contributed by atoms with Gasteiger partial charge in [-0.25, -0.2) is 9.65 Å². The molecular formula is C13H20NO6P. The number of phenolic OH excluding ortho intramolecular Hbond substituents is 1. The molecule has 0 amide bonds. The molecule has 0 bridgehead atoms. The Balaban J connectivity index is 2.83. The average Bonchev–Trinajstić information content (AvgIpc) is 2.41. The summed E-state index contributed by atoms with van der Waals surface area (Å²) in [6, 6.07) is 4.98. The number of benzene rings is 1. The quantitative estimate of drug-likeness (QED) is 0.599. The number of hydrogen-bond acceptors (Lipinski definition) is 5. The van der Waals surface area contributed by atoms with E-state index in [4.69, 9.17) is 9.05 Å². The number of carboxylic acid groups (broad SMARTS) is 1. The number of rotatable bonds is 9. The Bertz CT molecular complexity index is 494. The molecule has 8 heteroatoms. The van der Waals surface area contributed by atoms with Gasteiger partial charge in [0, 0.05) is 0 Å². The minimum absolute atomic E-state index is 0.0831. The monoisotopic (exact) mass is 317 g/mol. The number of nitrogens with one attached hydrogen (secondary N) is 1. The predicted molar refractivity (Wildman–Crippen MR) is 77.2 cm³/mol. The summed E-state index contributed by atoms with van der Waals surface area (Å²) in [6.45, 7) is 3.55. The largest absolute Gasteiger partial charge is 0.508 e. The first-order valence-corrected chi connectivity index (χ1v) is 8.12. The van der Waals surface area contributed by atoms with E-state index in [0.717, 1.165) is 0 Å². The number of phenols is 1. The van der Waals surface area contributed by atoms with Crippen LogP contribution in [0.15, 0.2) is 24.3 Å². The molecule has 0 saturated carbocycles. The van der Waals surface area contributed by atoms with Gasteiger partial charge < -0.3 is 10.2 Å². The molecule has 0 spiro atoms. The highest BCUT2D eigenvalue weighted by molar-refractivity contribution is 7.51. The van der Waals surface area contributed by atoms with Crippen molar-refractivity contribution >= 4 is 13.7 Å². The molecule has 0 aliphatic rings. The highest BCUT2D eigenvalue weighted by Gasteiger charge is 2.31. The van der Waals surface area contributed by atoms with Gasteiger partial charge in [0.05, 0.1) is 13.2 Å². The third-order valence-corrected chi connectivity index (χ3v) is 4.41. The zero-order valence-corrected chi connectivity index (χ0v) is 12.9. The van der Waals surface area contributed by atoms with Crippen LogP contribution in [0.2, 0.25) is 0 Å². The van der Waals surface area contributed by atoms with E-state index in [1.54, 1.807) is 26.0 Å². The summed E-state index contributed by atoms with van der Waals surface area (Å²) in [5, 5.41) is 20.9. The minimum Gasteiger partial charge on any atom is -0.508 e. The number of hydrogen-bond donors (Lipinski definition) is 3. The normalized spacial score (nSPS) is 13.0. The van der Waals surface area contributed by atoms with E-state index < -0.39 is 19.8 Å². The van der Waals surface area contributed by atoms with Crippen molar-refractivity contribution in [2.75, 3.05) is 13.2 Å². The molecule has 0 aromatic heterocycles. The minimum atomic E-state index is -3.66. The molecule has 1 rings (SSSR count). The maximum absolute atomic E-state index is 12.3. The second-order valence-corrected chi connectivity index (χ2v) is 5.99. The molecule has 0 unspecified atom stereocenters. The van der Waals surface area contributed by atoms with Gasteiger partial charge in [-0.15, -0.1) is 0 Å². The third kappa shape index (κ3) is 5.85. The van der Waals surface area contributed by atoms with Crippen LogP contribution in [0.25, 0.3) is 0 Å². The van der Waals surface area contributed by atoms with E-state index in [-0.39, 0.29) is 25.4 Å². The van der Waals surface area contributed by atoms with Gasteiger partial charge in [-0.05, 0) is 38.0 Å². The lowest BCUT2D eigenvalue weighted by Crippen LogP contribution is -2.37. The van der Waals surface area contributed by atoms with E-state index in [9.17, 15) is 19.6 Å². The van der Waals surface area contributed by atoms with Crippen LogP contribution in [0.3, 0.4) is 0 Å². The topological polar surface area (TPSA) is 105 Å². The fraction of sp³-hybridized carbons (Fsp3) is 0.462. The van der Waals surface area contributed by atoms with Crippen LogP contribution in [-0.4, -0.2) is 35.4 Å². The summed E-state index contributed by atoms with van der Waals surface area (Å²) in [5.74, 6) is -1.07. The smallest absolute Gasteiger partial charge is 0.406 e. The van der Waals surface area contributed by atoms with Crippen molar-refractivity contribution in [3.8, 4) is 5.75 Å². The summed E-state index contributed by atoms with van der Waals surface area (Å²) in [4.78, 5) is 11.3. The number of carboxylic acids is 1. The molecule has 118 valence electrons. The molecule has 0 heterocycles. The molecule has 0 fully saturated rings. The molecule has 0 aliphatic heterocycles. The van der Waals surface area contributed by atoms with Gasteiger partial charge in [0.25, 0.3) is 0 Å². The van der Waals surface area contributed by atoms with Crippen LogP contribution in [0, 0.1) is 0 Å². The third-order valence-electron chi connectivity index (χ3n) is 2.59. The molecular weight excluding hydrogens is 297 g/mol. The first kappa shape index (κ1) is 17.7. The summed E-state index contributed by atoms with van der Waals surface area (Å²) >= 11 is 0. The van der Waals surface area contributed by atoms with Gasteiger partial charge in [0.15, 0.2) is 0 Å². The van der Waals surface area contributed by atoms with Gasteiger partial charge in [0.1, 0.15) is 11.8 Å². The maximum atomic E-state index is 12.3. The number of aromatic hydroxyl groups is 1. The SMILES string of the molecule is CCOP(=O)(N[C@@H](Cc1ccc(O)cc1)C(=O)O)OCC. The average molecular weight is 317 g/mol. The second-order valence-electron chi connectivity index (χ2n) is 4.22. The molecule has 0 radical (unpaired) electrons. The Morgan fingerprint density at radius 3 is 2.19 bits per heavy atom. The van der Waals surface area contributed by atoms with Crippen molar-refractivity contribution in [3.63, 3.8) is 0 Å². The van der Waals surface area contributed by atoms with Crippen molar-refractivity contribution in [1.82, 2.24) is 5.09 Å². The van der Waals surface area contributed by atoms with E-state index in [1.807, 2.05) is 0 Å². The summed E-state index contributed by atoms with van der Waals surface area (Å²) in [6.07, 6.45) is 0.0831. The van der Waals surface area contributed by atoms with E-state index in [2.05, 4.69) is 5.09 Å². The molecule has 3 N–H and O–H groups in total. The zero-order chi connectivity index (χ0) is 15.9. The van der Waals surface area contributed by atoms with Crippen molar-refractivity contribution in [2.45, 2.75) is 26.3 Å². The number of carbonyl (C=O) groups is 1. The fourth-order valence-corrected chi connectivity index (χ4v) is 3.19. The molecule has 1 aromatic rings. The molecule has 7 nitrogen and oxygen atoms in total. The highest BCUT2D eigenvalue weighted by atomic mass is 31.2. The molecule has 0 saturated heterocycles. The lowest BCUT2D eigenvalue weighted by atomic mass is 10.1. The first-order chi connectivity index (χ1) is 9.90. The molecule has 1 aromatic carbocycles. The Morgan fingerprint density at radius 1 is 1.24 bits per heavy atom. The lowest BCUT2D eigenvalue weighted by molar-refractivity contribution is -0.139. The van der Waals surface area contributed by atoms with Crippen LogP contribution in [0.1, 0.15) is 19.4 Å². The Labute approximate surface area is 123 Å². The van der Waals surface area contributed by atoms with Crippen LogP contribution in [0.4, 0.5) is 0 Å². The van der Waals surface area contributed by atoms with Gasteiger partial charge in [0.2, 0.25) is 0 Å². The van der Waals surface area contributed by atoms with Crippen molar-refractivity contribution < 1.29 is 28.6 Å². The van der Waals surface area contributed by atoms with Crippen LogP contribution in [0.5, 0.6) is 5.75 Å².